The van der Waals surface area contributed by atoms with Crippen molar-refractivity contribution in [3.8, 4) is 11.1 Å². The van der Waals surface area contributed by atoms with E-state index in [1.165, 1.54) is 0 Å². The van der Waals surface area contributed by atoms with Crippen LogP contribution in [0.15, 0.2) is 47.3 Å². The molecule has 3 aromatic rings. The highest BCUT2D eigenvalue weighted by Gasteiger charge is 2.28. The number of benzene rings is 2. The van der Waals surface area contributed by atoms with E-state index in [2.05, 4.69) is 52.5 Å². The third-order valence-corrected chi connectivity index (χ3v) is 9.13. The molecule has 2 amide bonds. The van der Waals surface area contributed by atoms with Crippen molar-refractivity contribution in [1.29, 1.82) is 0 Å². The molecule has 9 nitrogen and oxygen atoms in total. The van der Waals surface area contributed by atoms with E-state index in [9.17, 15) is 14.4 Å². The fraction of sp³-hybridized carbons (Fsp3) is 0.472. The normalized spacial score (nSPS) is 16.4. The Balaban J connectivity index is 1.69. The van der Waals surface area contributed by atoms with Gasteiger partial charge in [-0.3, -0.25) is 14.4 Å². The number of rotatable bonds is 12. The number of H-pyrrole nitrogens is 1. The van der Waals surface area contributed by atoms with Crippen LogP contribution in [0.4, 0.5) is 5.69 Å². The lowest BCUT2D eigenvalue weighted by Crippen LogP contribution is -2.42. The number of aryl methyl sites for hydroxylation is 2. The van der Waals surface area contributed by atoms with Gasteiger partial charge in [0.25, 0.3) is 17.4 Å². The van der Waals surface area contributed by atoms with Crippen molar-refractivity contribution in [2.75, 3.05) is 38.7 Å². The first-order chi connectivity index (χ1) is 21.5. The third-order valence-electron chi connectivity index (χ3n) is 9.13. The van der Waals surface area contributed by atoms with E-state index in [0.29, 0.717) is 41.7 Å². The van der Waals surface area contributed by atoms with Gasteiger partial charge in [-0.25, -0.2) is 0 Å². The van der Waals surface area contributed by atoms with E-state index in [0.717, 1.165) is 65.9 Å². The molecule has 45 heavy (non-hydrogen) atoms. The van der Waals surface area contributed by atoms with Gasteiger partial charge < -0.3 is 30.5 Å². The summed E-state index contributed by atoms with van der Waals surface area (Å²) in [4.78, 5) is 46.6. The smallest absolute Gasteiger partial charge is 0.253 e. The van der Waals surface area contributed by atoms with Crippen LogP contribution in [0.5, 0.6) is 0 Å². The number of hydrogen-bond donors (Lipinski definition) is 4. The van der Waals surface area contributed by atoms with Gasteiger partial charge >= 0.3 is 0 Å². The summed E-state index contributed by atoms with van der Waals surface area (Å²) in [6, 6.07) is 14.3. The van der Waals surface area contributed by atoms with E-state index in [-0.39, 0.29) is 30.5 Å². The molecule has 0 atom stereocenters. The molecule has 1 aliphatic carbocycles. The molecular weight excluding hydrogens is 566 g/mol. The molecule has 0 aliphatic heterocycles. The van der Waals surface area contributed by atoms with Crippen LogP contribution in [-0.4, -0.2) is 72.7 Å². The van der Waals surface area contributed by atoms with Crippen LogP contribution in [0.2, 0.25) is 0 Å². The number of anilines is 1. The second kappa shape index (κ2) is 15.4. The monoisotopic (exact) mass is 615 g/mol. The third kappa shape index (κ3) is 8.21. The van der Waals surface area contributed by atoms with Gasteiger partial charge in [-0.1, -0.05) is 12.1 Å². The largest absolute Gasteiger partial charge is 0.396 e. The van der Waals surface area contributed by atoms with Crippen LogP contribution < -0.4 is 21.1 Å². The molecular formula is C36H49N5O4. The minimum absolute atomic E-state index is 0.0257. The summed E-state index contributed by atoms with van der Waals surface area (Å²) >= 11 is 0. The van der Waals surface area contributed by atoms with E-state index < -0.39 is 0 Å². The summed E-state index contributed by atoms with van der Waals surface area (Å²) < 4.78 is 0. The van der Waals surface area contributed by atoms with Gasteiger partial charge in [0.1, 0.15) is 0 Å². The van der Waals surface area contributed by atoms with Crippen molar-refractivity contribution in [2.24, 2.45) is 0 Å². The lowest BCUT2D eigenvalue weighted by Gasteiger charge is -2.40. The number of pyridine rings is 1. The molecule has 0 spiro atoms. The van der Waals surface area contributed by atoms with E-state index in [1.54, 1.807) is 12.1 Å². The highest BCUT2D eigenvalue weighted by Crippen LogP contribution is 2.35. The van der Waals surface area contributed by atoms with Crippen molar-refractivity contribution in [3.63, 3.8) is 0 Å². The first kappa shape index (κ1) is 33.9. The maximum atomic E-state index is 13.8. The van der Waals surface area contributed by atoms with Gasteiger partial charge in [-0.05, 0) is 126 Å². The number of hydrogen-bond acceptors (Lipinski definition) is 6. The number of aromatic nitrogens is 1. The number of carbonyl (C=O) groups excluding carboxylic acids is 2. The number of carbonyl (C=O) groups is 2. The minimum atomic E-state index is -0.234. The van der Waals surface area contributed by atoms with Gasteiger partial charge in [0.15, 0.2) is 0 Å². The first-order valence-electron chi connectivity index (χ1n) is 16.1. The Morgan fingerprint density at radius 2 is 1.58 bits per heavy atom. The molecule has 0 bridgehead atoms. The van der Waals surface area contributed by atoms with Crippen LogP contribution in [0.25, 0.3) is 11.1 Å². The van der Waals surface area contributed by atoms with Gasteiger partial charge in [0.2, 0.25) is 0 Å². The van der Waals surface area contributed by atoms with Crippen LogP contribution in [0.3, 0.4) is 0 Å². The molecule has 9 heteroatoms. The second-order valence-corrected chi connectivity index (χ2v) is 12.4. The SMILES string of the molecule is CCN(c1cc(-c2ccc(C(=O)NCCCO)cc2)cc(C(=O)NCc2c(C)cc(C)[nH]c2=O)c1C)C1CCC(N(C)C)CC1. The van der Waals surface area contributed by atoms with E-state index in [4.69, 9.17) is 5.11 Å². The van der Waals surface area contributed by atoms with Gasteiger partial charge in [0.05, 0.1) is 0 Å². The fourth-order valence-corrected chi connectivity index (χ4v) is 6.47. The summed E-state index contributed by atoms with van der Waals surface area (Å²) in [7, 11) is 4.30. The summed E-state index contributed by atoms with van der Waals surface area (Å²) in [5, 5.41) is 14.8. The first-order valence-corrected chi connectivity index (χ1v) is 16.1. The molecule has 1 aromatic heterocycles. The summed E-state index contributed by atoms with van der Waals surface area (Å²) in [5.74, 6) is -0.422. The molecule has 1 aliphatic rings. The topological polar surface area (TPSA) is 118 Å². The van der Waals surface area contributed by atoms with Crippen LogP contribution in [0.1, 0.15) is 82.1 Å². The molecule has 2 aromatic carbocycles. The molecule has 0 radical (unpaired) electrons. The molecule has 1 fully saturated rings. The molecule has 242 valence electrons. The molecule has 1 heterocycles. The number of amides is 2. The Bertz CT molecular complexity index is 1540. The van der Waals surface area contributed by atoms with Gasteiger partial charge in [-0.2, -0.15) is 0 Å². The number of aliphatic hydroxyl groups excluding tert-OH is 1. The Kier molecular flexibility index (Phi) is 11.6. The van der Waals surface area contributed by atoms with Crippen LogP contribution in [0, 0.1) is 20.8 Å². The summed E-state index contributed by atoms with van der Waals surface area (Å²) in [6.07, 6.45) is 4.93. The highest BCUT2D eigenvalue weighted by atomic mass is 16.3. The predicted molar refractivity (Wildman–Crippen MR) is 181 cm³/mol. The Morgan fingerprint density at radius 1 is 0.911 bits per heavy atom. The Morgan fingerprint density at radius 3 is 2.18 bits per heavy atom. The van der Waals surface area contributed by atoms with E-state index in [1.807, 2.05) is 45.0 Å². The van der Waals surface area contributed by atoms with E-state index >= 15 is 0 Å². The maximum Gasteiger partial charge on any atom is 0.253 e. The van der Waals surface area contributed by atoms with Crippen molar-refractivity contribution >= 4 is 17.5 Å². The maximum absolute atomic E-state index is 13.8. The number of aromatic amines is 1. The average Bonchev–Trinajstić information content (AvgIpc) is 3.02. The number of nitrogens with zero attached hydrogens (tertiary/aromatic N) is 2. The Labute approximate surface area is 267 Å². The van der Waals surface area contributed by atoms with Crippen LogP contribution in [-0.2, 0) is 6.54 Å². The molecule has 1 saturated carbocycles. The van der Waals surface area contributed by atoms with Crippen molar-refractivity contribution in [1.82, 2.24) is 20.5 Å². The molecule has 0 saturated heterocycles. The minimum Gasteiger partial charge on any atom is -0.396 e. The summed E-state index contributed by atoms with van der Waals surface area (Å²) in [6.45, 7) is 9.28. The lowest BCUT2D eigenvalue weighted by atomic mass is 9.88. The molecule has 0 unspecified atom stereocenters. The van der Waals surface area contributed by atoms with Crippen molar-refractivity contribution in [3.05, 3.63) is 86.3 Å². The zero-order chi connectivity index (χ0) is 32.7. The zero-order valence-corrected chi connectivity index (χ0v) is 27.6. The van der Waals surface area contributed by atoms with Crippen molar-refractivity contribution in [2.45, 2.75) is 78.4 Å². The predicted octanol–water partition coefficient (Wildman–Crippen LogP) is 4.71. The highest BCUT2D eigenvalue weighted by molar-refractivity contribution is 5.99. The zero-order valence-electron chi connectivity index (χ0n) is 27.6. The Hall–Kier alpha value is -3.95. The standard InChI is InChI=1S/C36H49N5O4/c1-7-41(30-15-13-29(14-16-30)40(5)6)33-21-28(26-9-11-27(12-10-26)34(43)37-17-8-18-42)20-31(25(33)4)35(44)38-22-32-23(2)19-24(3)39-36(32)45/h9-12,19-21,29-30,42H,7-8,13-18,22H2,1-6H3,(H,37,43)(H,38,44)(H,39,45). The van der Waals surface area contributed by atoms with Crippen molar-refractivity contribution < 1.29 is 14.7 Å². The van der Waals surface area contributed by atoms with Gasteiger partial charge in [-0.15, -0.1) is 0 Å². The number of aliphatic hydroxyl groups is 1. The average molecular weight is 616 g/mol. The summed E-state index contributed by atoms with van der Waals surface area (Å²) in [5.41, 5.74) is 6.80. The second-order valence-electron chi connectivity index (χ2n) is 12.4. The van der Waals surface area contributed by atoms with Crippen LogP contribution >= 0.6 is 0 Å². The number of nitrogens with one attached hydrogen (secondary N) is 3. The quantitative estimate of drug-likeness (QED) is 0.219. The molecule has 4 N–H and O–H groups in total. The molecule has 4 rings (SSSR count). The van der Waals surface area contributed by atoms with Gasteiger partial charge in [0, 0.05) is 66.4 Å². The lowest BCUT2D eigenvalue weighted by molar-refractivity contribution is 0.0942. The fourth-order valence-electron chi connectivity index (χ4n) is 6.47.